The monoisotopic (exact) mass is 318 g/mol. The van der Waals surface area contributed by atoms with E-state index in [2.05, 4.69) is 16.4 Å². The lowest BCUT2D eigenvalue weighted by Crippen LogP contribution is -2.11. The molecule has 0 saturated carbocycles. The van der Waals surface area contributed by atoms with Crippen molar-refractivity contribution in [3.05, 3.63) is 23.2 Å². The third-order valence-electron chi connectivity index (χ3n) is 2.84. The highest BCUT2D eigenvalue weighted by Gasteiger charge is 2.18. The minimum Gasteiger partial charge on any atom is -0.502 e. The largest absolute Gasteiger partial charge is 0.502 e. The lowest BCUT2D eigenvalue weighted by molar-refractivity contribution is 0.340. The molecule has 0 amide bonds. The molecule has 7 heteroatoms. The molecule has 0 atom stereocenters. The van der Waals surface area contributed by atoms with Crippen LogP contribution in [0.15, 0.2) is 23.2 Å². The van der Waals surface area contributed by atoms with Gasteiger partial charge in [0.05, 0.1) is 20.1 Å². The number of thioether (sulfide) groups is 1. The third kappa shape index (κ3) is 3.45. The van der Waals surface area contributed by atoms with E-state index in [4.69, 9.17) is 9.47 Å². The van der Waals surface area contributed by atoms with E-state index in [1.54, 1.807) is 23.9 Å². The molecule has 1 aromatic carbocycles. The zero-order valence-corrected chi connectivity index (χ0v) is 13.3. The number of likely N-dealkylation sites (N-methyl/N-ethyl adjacent to an activating group) is 1. The van der Waals surface area contributed by atoms with Gasteiger partial charge in [-0.1, -0.05) is 0 Å². The number of halogens is 1. The van der Waals surface area contributed by atoms with Crippen LogP contribution < -0.4 is 19.7 Å². The molecule has 0 spiro atoms. The van der Waals surface area contributed by atoms with Crippen LogP contribution >= 0.6 is 24.2 Å². The maximum absolute atomic E-state index is 9.89. The van der Waals surface area contributed by atoms with E-state index in [1.165, 1.54) is 19.1 Å². The van der Waals surface area contributed by atoms with E-state index in [0.717, 1.165) is 18.1 Å². The Morgan fingerprint density at radius 1 is 1.30 bits per heavy atom. The summed E-state index contributed by atoms with van der Waals surface area (Å²) < 4.78 is 10.3. The van der Waals surface area contributed by atoms with E-state index in [9.17, 15) is 5.11 Å². The van der Waals surface area contributed by atoms with Crippen LogP contribution in [0.25, 0.3) is 0 Å². The first-order chi connectivity index (χ1) is 9.19. The van der Waals surface area contributed by atoms with Crippen molar-refractivity contribution in [3.8, 4) is 17.2 Å². The van der Waals surface area contributed by atoms with Gasteiger partial charge in [-0.3, -0.25) is 0 Å². The van der Waals surface area contributed by atoms with Gasteiger partial charge >= 0.3 is 0 Å². The predicted molar refractivity (Wildman–Crippen MR) is 85.4 cm³/mol. The number of hydrogen-bond acceptors (Lipinski definition) is 6. The fraction of sp³-hybridized carbons (Fsp3) is 0.385. The summed E-state index contributed by atoms with van der Waals surface area (Å²) in [6.45, 7) is 0.855. The van der Waals surface area contributed by atoms with Gasteiger partial charge in [-0.15, -0.1) is 24.2 Å². The van der Waals surface area contributed by atoms with Crippen molar-refractivity contribution in [3.63, 3.8) is 0 Å². The van der Waals surface area contributed by atoms with E-state index >= 15 is 0 Å². The van der Waals surface area contributed by atoms with Gasteiger partial charge in [0, 0.05) is 35.5 Å². The second-order valence-electron chi connectivity index (χ2n) is 4.07. The van der Waals surface area contributed by atoms with Gasteiger partial charge in [0.1, 0.15) is 0 Å². The number of ether oxygens (including phenoxy) is 2. The summed E-state index contributed by atoms with van der Waals surface area (Å²) in [7, 11) is 4.98. The van der Waals surface area contributed by atoms with Crippen molar-refractivity contribution >= 4 is 29.9 Å². The van der Waals surface area contributed by atoms with Crippen molar-refractivity contribution in [2.45, 2.75) is 0 Å². The molecule has 0 fully saturated rings. The number of rotatable bonds is 5. The van der Waals surface area contributed by atoms with E-state index < -0.39 is 0 Å². The zero-order valence-electron chi connectivity index (χ0n) is 11.7. The molecule has 112 valence electrons. The van der Waals surface area contributed by atoms with Crippen LogP contribution in [0.5, 0.6) is 17.2 Å². The highest BCUT2D eigenvalue weighted by Crippen LogP contribution is 2.41. The summed E-state index contributed by atoms with van der Waals surface area (Å²) >= 11 is 1.78. The average molecular weight is 319 g/mol. The van der Waals surface area contributed by atoms with Crippen LogP contribution in [-0.4, -0.2) is 38.8 Å². The van der Waals surface area contributed by atoms with Crippen molar-refractivity contribution in [1.82, 2.24) is 5.32 Å². The highest BCUT2D eigenvalue weighted by atomic mass is 35.5. The molecule has 1 aliphatic rings. The van der Waals surface area contributed by atoms with E-state index in [1.807, 2.05) is 7.05 Å². The molecule has 0 radical (unpaired) electrons. The summed E-state index contributed by atoms with van der Waals surface area (Å²) in [6.07, 6.45) is 2.09. The van der Waals surface area contributed by atoms with Gasteiger partial charge in [0.15, 0.2) is 11.5 Å². The summed E-state index contributed by atoms with van der Waals surface area (Å²) in [6, 6.07) is 3.61. The van der Waals surface area contributed by atoms with Gasteiger partial charge in [0.25, 0.3) is 0 Å². The molecule has 1 heterocycles. The van der Waals surface area contributed by atoms with Gasteiger partial charge in [-0.05, 0) is 7.05 Å². The Bertz CT molecular complexity index is 471. The van der Waals surface area contributed by atoms with Crippen molar-refractivity contribution in [2.75, 3.05) is 38.6 Å². The van der Waals surface area contributed by atoms with Crippen LogP contribution in [0.3, 0.4) is 0 Å². The molecule has 2 rings (SSSR count). The first kappa shape index (κ1) is 16.8. The SMILES string of the molecule is CNCC1=CN(c2cc(OC)c(O)c(OC)c2)CS1.Cl. The first-order valence-electron chi connectivity index (χ1n) is 5.89. The molecule has 20 heavy (non-hydrogen) atoms. The van der Waals surface area contributed by atoms with Gasteiger partial charge < -0.3 is 24.8 Å². The molecule has 0 unspecified atom stereocenters. The maximum atomic E-state index is 9.89. The quantitative estimate of drug-likeness (QED) is 0.869. The Balaban J connectivity index is 0.00000200. The van der Waals surface area contributed by atoms with Crippen molar-refractivity contribution < 1.29 is 14.6 Å². The molecule has 0 aliphatic carbocycles. The number of phenols is 1. The topological polar surface area (TPSA) is 54.0 Å². The number of hydrogen-bond donors (Lipinski definition) is 2. The summed E-state index contributed by atoms with van der Waals surface area (Å²) in [5.74, 6) is 1.69. The lowest BCUT2D eigenvalue weighted by atomic mass is 10.2. The fourth-order valence-electron chi connectivity index (χ4n) is 1.87. The number of anilines is 1. The summed E-state index contributed by atoms with van der Waals surface area (Å²) in [5.41, 5.74) is 0.935. The lowest BCUT2D eigenvalue weighted by Gasteiger charge is -2.18. The van der Waals surface area contributed by atoms with Crippen LogP contribution in [0.1, 0.15) is 0 Å². The Morgan fingerprint density at radius 3 is 2.40 bits per heavy atom. The molecule has 0 bridgehead atoms. The average Bonchev–Trinajstić information content (AvgIpc) is 2.88. The highest BCUT2D eigenvalue weighted by molar-refractivity contribution is 8.03. The Labute approximate surface area is 129 Å². The minimum atomic E-state index is 0. The normalized spacial score (nSPS) is 13.8. The smallest absolute Gasteiger partial charge is 0.200 e. The molecular weight excluding hydrogens is 300 g/mol. The van der Waals surface area contributed by atoms with E-state index in [-0.39, 0.29) is 18.2 Å². The zero-order chi connectivity index (χ0) is 13.8. The number of nitrogens with one attached hydrogen (secondary N) is 1. The Kier molecular flexibility index (Phi) is 6.32. The second kappa shape index (κ2) is 7.52. The van der Waals surface area contributed by atoms with Crippen LogP contribution in [0, 0.1) is 0 Å². The molecule has 5 nitrogen and oxygen atoms in total. The van der Waals surface area contributed by atoms with Gasteiger partial charge in [0.2, 0.25) is 5.75 Å². The maximum Gasteiger partial charge on any atom is 0.200 e. The van der Waals surface area contributed by atoms with Crippen LogP contribution in [0.4, 0.5) is 5.69 Å². The van der Waals surface area contributed by atoms with Gasteiger partial charge in [-0.25, -0.2) is 0 Å². The standard InChI is InChI=1S/C13H18N2O3S.ClH/c1-14-6-10-7-15(8-19-10)9-4-11(17-2)13(16)12(5-9)18-3;/h4-5,7,14,16H,6,8H2,1-3H3;1H. The molecule has 0 aromatic heterocycles. The molecule has 1 aromatic rings. The Hall–Kier alpha value is -1.24. The summed E-state index contributed by atoms with van der Waals surface area (Å²) in [5, 5.41) is 13.0. The number of nitrogens with zero attached hydrogens (tertiary/aromatic N) is 1. The molecule has 2 N–H and O–H groups in total. The minimum absolute atomic E-state index is 0. The second-order valence-corrected chi connectivity index (χ2v) is 5.14. The number of aromatic hydroxyl groups is 1. The number of methoxy groups -OCH3 is 2. The van der Waals surface area contributed by atoms with Crippen LogP contribution in [-0.2, 0) is 0 Å². The molecule has 1 aliphatic heterocycles. The Morgan fingerprint density at radius 2 is 1.90 bits per heavy atom. The third-order valence-corrected chi connectivity index (χ3v) is 3.86. The molecule has 0 saturated heterocycles. The van der Waals surface area contributed by atoms with Crippen molar-refractivity contribution in [1.29, 1.82) is 0 Å². The van der Waals surface area contributed by atoms with E-state index in [0.29, 0.717) is 11.5 Å². The first-order valence-corrected chi connectivity index (χ1v) is 6.88. The number of benzene rings is 1. The van der Waals surface area contributed by atoms with Gasteiger partial charge in [-0.2, -0.15) is 0 Å². The summed E-state index contributed by atoms with van der Waals surface area (Å²) in [4.78, 5) is 3.37. The fourth-order valence-corrected chi connectivity index (χ4v) is 2.84. The predicted octanol–water partition coefficient (Wildman–Crippen LogP) is 2.40. The molecular formula is C13H19ClN2O3S. The van der Waals surface area contributed by atoms with Crippen molar-refractivity contribution in [2.24, 2.45) is 0 Å². The number of phenolic OH excluding ortho intramolecular Hbond substituents is 1. The van der Waals surface area contributed by atoms with Crippen LogP contribution in [0.2, 0.25) is 0 Å².